The van der Waals surface area contributed by atoms with Gasteiger partial charge in [0.15, 0.2) is 11.5 Å². The van der Waals surface area contributed by atoms with Gasteiger partial charge in [-0.1, -0.05) is 6.07 Å². The number of nitrogens with zero attached hydrogens (tertiary/aromatic N) is 3. The highest BCUT2D eigenvalue weighted by Crippen LogP contribution is 2.32. The van der Waals surface area contributed by atoms with Crippen LogP contribution in [0.15, 0.2) is 39.2 Å². The summed E-state index contributed by atoms with van der Waals surface area (Å²) in [6.07, 6.45) is 1.05. The van der Waals surface area contributed by atoms with E-state index in [0.717, 1.165) is 4.57 Å². The van der Waals surface area contributed by atoms with Gasteiger partial charge in [0.05, 0.1) is 24.6 Å². The molecule has 0 unspecified atom stereocenters. The van der Waals surface area contributed by atoms with Crippen molar-refractivity contribution in [3.05, 3.63) is 56.0 Å². The summed E-state index contributed by atoms with van der Waals surface area (Å²) in [4.78, 5) is 53.3. The number of rotatable bonds is 6. The fourth-order valence-electron chi connectivity index (χ4n) is 4.51. The second-order valence-corrected chi connectivity index (χ2v) is 9.41. The van der Waals surface area contributed by atoms with E-state index in [1.165, 1.54) is 15.9 Å². The Morgan fingerprint density at radius 1 is 1.09 bits per heavy atom. The van der Waals surface area contributed by atoms with E-state index >= 15 is 0 Å². The minimum absolute atomic E-state index is 0.0429. The Kier molecular flexibility index (Phi) is 6.33. The second-order valence-electron chi connectivity index (χ2n) is 8.49. The van der Waals surface area contributed by atoms with Crippen molar-refractivity contribution in [3.8, 4) is 11.5 Å². The number of carbonyl (C=O) groups excluding carboxylic acids is 2. The van der Waals surface area contributed by atoms with Gasteiger partial charge < -0.3 is 19.1 Å². The van der Waals surface area contributed by atoms with Crippen molar-refractivity contribution >= 4 is 33.4 Å². The quantitative estimate of drug-likeness (QED) is 0.476. The number of likely N-dealkylation sites (tertiary alicyclic amines) is 1. The van der Waals surface area contributed by atoms with Gasteiger partial charge in [-0.2, -0.15) is 0 Å². The molecule has 4 heterocycles. The standard InChI is InChI=1S/C24H25N3O7S/c1-2-32-23(30)16-5-8-25(9-6-16)20(28)13-26-17-7-10-35-21(17)22(29)27(24(26)31)12-15-3-4-18-19(11-15)34-14-33-18/h3-4,7,10-11,16H,2,5-6,8-9,12-14H2,1H3. The maximum absolute atomic E-state index is 13.4. The summed E-state index contributed by atoms with van der Waals surface area (Å²) in [6.45, 7) is 2.93. The Bertz CT molecular complexity index is 1400. The van der Waals surface area contributed by atoms with Gasteiger partial charge in [0, 0.05) is 13.1 Å². The number of carbonyl (C=O) groups is 2. The Balaban J connectivity index is 1.39. The van der Waals surface area contributed by atoms with E-state index in [9.17, 15) is 19.2 Å². The molecule has 184 valence electrons. The van der Waals surface area contributed by atoms with Crippen molar-refractivity contribution < 1.29 is 23.8 Å². The average molecular weight is 500 g/mol. The number of aromatic nitrogens is 2. The van der Waals surface area contributed by atoms with E-state index in [1.807, 2.05) is 0 Å². The van der Waals surface area contributed by atoms with Crippen LogP contribution in [0.2, 0.25) is 0 Å². The zero-order chi connectivity index (χ0) is 24.5. The highest BCUT2D eigenvalue weighted by Gasteiger charge is 2.29. The highest BCUT2D eigenvalue weighted by molar-refractivity contribution is 7.17. The molecule has 3 aromatic rings. The minimum Gasteiger partial charge on any atom is -0.466 e. The molecule has 5 rings (SSSR count). The lowest BCUT2D eigenvalue weighted by atomic mass is 9.97. The summed E-state index contributed by atoms with van der Waals surface area (Å²) in [7, 11) is 0. The number of fused-ring (bicyclic) bond motifs is 2. The molecule has 0 aliphatic carbocycles. The minimum atomic E-state index is -0.548. The number of amides is 1. The highest BCUT2D eigenvalue weighted by atomic mass is 32.1. The van der Waals surface area contributed by atoms with Crippen molar-refractivity contribution in [2.75, 3.05) is 26.5 Å². The predicted molar refractivity (Wildman–Crippen MR) is 128 cm³/mol. The molecule has 2 aliphatic rings. The van der Waals surface area contributed by atoms with Gasteiger partial charge in [0.2, 0.25) is 12.7 Å². The first kappa shape index (κ1) is 23.2. The van der Waals surface area contributed by atoms with Crippen molar-refractivity contribution in [1.82, 2.24) is 14.0 Å². The molecule has 2 aromatic heterocycles. The maximum atomic E-state index is 13.4. The van der Waals surface area contributed by atoms with Gasteiger partial charge in [-0.25, -0.2) is 4.79 Å². The van der Waals surface area contributed by atoms with Crippen LogP contribution in [0.1, 0.15) is 25.3 Å². The predicted octanol–water partition coefficient (Wildman–Crippen LogP) is 1.80. The first-order chi connectivity index (χ1) is 17.0. The van der Waals surface area contributed by atoms with E-state index in [0.29, 0.717) is 59.8 Å². The summed E-state index contributed by atoms with van der Waals surface area (Å²) in [5, 5.41) is 1.74. The Labute approximate surface area is 204 Å². The molecule has 11 heteroatoms. The van der Waals surface area contributed by atoms with E-state index in [2.05, 4.69) is 0 Å². The third-order valence-corrected chi connectivity index (χ3v) is 7.27. The van der Waals surface area contributed by atoms with Crippen LogP contribution in [0.5, 0.6) is 11.5 Å². The molecule has 35 heavy (non-hydrogen) atoms. The van der Waals surface area contributed by atoms with Crippen LogP contribution < -0.4 is 20.7 Å². The van der Waals surface area contributed by atoms with Crippen LogP contribution in [0.4, 0.5) is 0 Å². The molecule has 1 fully saturated rings. The first-order valence-electron chi connectivity index (χ1n) is 11.5. The number of benzene rings is 1. The van der Waals surface area contributed by atoms with Gasteiger partial charge in [-0.15, -0.1) is 11.3 Å². The number of ether oxygens (including phenoxy) is 3. The van der Waals surface area contributed by atoms with Crippen molar-refractivity contribution in [2.24, 2.45) is 5.92 Å². The molecule has 1 amide bonds. The number of esters is 1. The number of hydrogen-bond donors (Lipinski definition) is 0. The molecule has 0 bridgehead atoms. The fraction of sp³-hybridized carbons (Fsp3) is 0.417. The lowest BCUT2D eigenvalue weighted by molar-refractivity contribution is -0.151. The van der Waals surface area contributed by atoms with Crippen molar-refractivity contribution in [3.63, 3.8) is 0 Å². The summed E-state index contributed by atoms with van der Waals surface area (Å²) >= 11 is 1.24. The molecular formula is C24H25N3O7S. The summed E-state index contributed by atoms with van der Waals surface area (Å²) in [5.41, 5.74) is 0.218. The average Bonchev–Trinajstić information content (AvgIpc) is 3.54. The maximum Gasteiger partial charge on any atom is 0.332 e. The van der Waals surface area contributed by atoms with Crippen LogP contribution in [0, 0.1) is 5.92 Å². The van der Waals surface area contributed by atoms with Crippen molar-refractivity contribution in [2.45, 2.75) is 32.9 Å². The Hall–Kier alpha value is -3.60. The molecule has 0 N–H and O–H groups in total. The van der Waals surface area contributed by atoms with Crippen molar-refractivity contribution in [1.29, 1.82) is 0 Å². The van der Waals surface area contributed by atoms with Crippen LogP contribution >= 0.6 is 11.3 Å². The van der Waals surface area contributed by atoms with E-state index in [-0.39, 0.29) is 37.7 Å². The normalized spacial score (nSPS) is 15.5. The summed E-state index contributed by atoms with van der Waals surface area (Å²) in [5.74, 6) is 0.509. The molecule has 0 atom stereocenters. The molecule has 2 aliphatic heterocycles. The van der Waals surface area contributed by atoms with Crippen LogP contribution in [-0.2, 0) is 27.4 Å². The smallest absolute Gasteiger partial charge is 0.332 e. The number of thiophene rings is 1. The lowest BCUT2D eigenvalue weighted by Crippen LogP contribution is -2.45. The fourth-order valence-corrected chi connectivity index (χ4v) is 5.35. The summed E-state index contributed by atoms with van der Waals surface area (Å²) < 4.78 is 18.8. The van der Waals surface area contributed by atoms with E-state index in [1.54, 1.807) is 41.5 Å². The number of piperidine rings is 1. The summed E-state index contributed by atoms with van der Waals surface area (Å²) in [6, 6.07) is 6.96. The van der Waals surface area contributed by atoms with Gasteiger partial charge in [0.1, 0.15) is 11.2 Å². The van der Waals surface area contributed by atoms with E-state index < -0.39 is 11.2 Å². The van der Waals surface area contributed by atoms with Crippen LogP contribution in [0.3, 0.4) is 0 Å². The molecular weight excluding hydrogens is 474 g/mol. The Morgan fingerprint density at radius 3 is 2.63 bits per heavy atom. The monoisotopic (exact) mass is 499 g/mol. The Morgan fingerprint density at radius 2 is 1.86 bits per heavy atom. The third kappa shape index (κ3) is 4.43. The number of hydrogen-bond acceptors (Lipinski definition) is 8. The largest absolute Gasteiger partial charge is 0.466 e. The molecule has 0 spiro atoms. The lowest BCUT2D eigenvalue weighted by Gasteiger charge is -2.31. The zero-order valence-electron chi connectivity index (χ0n) is 19.2. The molecule has 10 nitrogen and oxygen atoms in total. The zero-order valence-corrected chi connectivity index (χ0v) is 20.0. The first-order valence-corrected chi connectivity index (χ1v) is 12.4. The SMILES string of the molecule is CCOC(=O)C1CCN(C(=O)Cn2c(=O)n(Cc3ccc4c(c3)OCO4)c(=O)c3sccc32)CC1. The van der Waals surface area contributed by atoms with Gasteiger partial charge >= 0.3 is 11.7 Å². The van der Waals surface area contributed by atoms with Crippen LogP contribution in [-0.4, -0.2) is 52.4 Å². The second kappa shape index (κ2) is 9.57. The molecule has 1 aromatic carbocycles. The molecule has 1 saturated heterocycles. The third-order valence-electron chi connectivity index (χ3n) is 6.38. The van der Waals surface area contributed by atoms with Gasteiger partial charge in [-0.05, 0) is 48.9 Å². The van der Waals surface area contributed by atoms with Crippen LogP contribution in [0.25, 0.3) is 10.2 Å². The van der Waals surface area contributed by atoms with E-state index in [4.69, 9.17) is 14.2 Å². The van der Waals surface area contributed by atoms with Gasteiger partial charge in [0.25, 0.3) is 5.56 Å². The molecule has 0 saturated carbocycles. The topological polar surface area (TPSA) is 109 Å². The van der Waals surface area contributed by atoms with Gasteiger partial charge in [-0.3, -0.25) is 23.5 Å². The molecule has 0 radical (unpaired) electrons.